The molecule has 0 radical (unpaired) electrons. The van der Waals surface area contributed by atoms with Gasteiger partial charge in [-0.2, -0.15) is 0 Å². The van der Waals surface area contributed by atoms with Crippen molar-refractivity contribution in [1.29, 1.82) is 0 Å². The maximum Gasteiger partial charge on any atom is 0.320 e. The average Bonchev–Trinajstić information content (AvgIpc) is 2.49. The van der Waals surface area contributed by atoms with Crippen molar-refractivity contribution in [2.45, 2.75) is 17.9 Å². The summed E-state index contributed by atoms with van der Waals surface area (Å²) in [5.74, 6) is 0. The van der Waals surface area contributed by atoms with E-state index in [9.17, 15) is 9.59 Å². The molecule has 2 rings (SSSR count). The minimum Gasteiger partial charge on any atom is -0.309 e. The number of aryl methyl sites for hydroxylation is 1. The van der Waals surface area contributed by atoms with E-state index in [4.69, 9.17) is 0 Å². The number of aromatic nitrogens is 2. The normalized spacial score (nSPS) is 10.4. The van der Waals surface area contributed by atoms with Gasteiger partial charge in [0, 0.05) is 29.5 Å². The number of nitrogens with zero attached hydrogens (tertiary/aromatic N) is 2. The van der Waals surface area contributed by atoms with Gasteiger partial charge in [-0.3, -0.25) is 14.2 Å². The van der Waals surface area contributed by atoms with E-state index in [1.165, 1.54) is 9.13 Å². The number of benzene rings is 1. The van der Waals surface area contributed by atoms with Crippen molar-refractivity contribution in [3.05, 3.63) is 70.0 Å². The van der Waals surface area contributed by atoms with Gasteiger partial charge in [0.1, 0.15) is 0 Å². The number of rotatable bonds is 5. The van der Waals surface area contributed by atoms with Gasteiger partial charge in [-0.15, -0.1) is 18.3 Å². The fraction of sp³-hybridized carbons (Fsp3) is 0.200. The third-order valence-corrected chi connectivity index (χ3v) is 3.69. The number of hydrogen-bond acceptors (Lipinski definition) is 3. The van der Waals surface area contributed by atoms with Gasteiger partial charge < -0.3 is 4.57 Å². The standard InChI is InChI=1S/C15H16N2O2S/c1-3-4-8-16-9-10-17(15(19)14(16)18)12-6-5-7-13(11-12)20-2/h3,5-7,9-11H,1,4,8H2,2H3. The summed E-state index contributed by atoms with van der Waals surface area (Å²) in [6.45, 7) is 4.09. The van der Waals surface area contributed by atoms with Crippen LogP contribution in [0.2, 0.25) is 0 Å². The molecule has 2 aromatic rings. The summed E-state index contributed by atoms with van der Waals surface area (Å²) < 4.78 is 2.80. The molecule has 0 atom stereocenters. The second-order valence-corrected chi connectivity index (χ2v) is 5.13. The Bertz CT molecular complexity index is 731. The highest BCUT2D eigenvalue weighted by Crippen LogP contribution is 2.17. The Morgan fingerprint density at radius 2 is 2.05 bits per heavy atom. The molecule has 1 aromatic carbocycles. The molecule has 0 saturated carbocycles. The van der Waals surface area contributed by atoms with Crippen molar-refractivity contribution in [3.63, 3.8) is 0 Å². The zero-order valence-corrected chi connectivity index (χ0v) is 12.1. The van der Waals surface area contributed by atoms with Gasteiger partial charge in [-0.1, -0.05) is 12.1 Å². The summed E-state index contributed by atoms with van der Waals surface area (Å²) >= 11 is 1.59. The van der Waals surface area contributed by atoms with Crippen LogP contribution >= 0.6 is 11.8 Å². The predicted molar refractivity (Wildman–Crippen MR) is 82.9 cm³/mol. The van der Waals surface area contributed by atoms with E-state index >= 15 is 0 Å². The molecule has 0 aliphatic carbocycles. The maximum absolute atomic E-state index is 12.1. The fourth-order valence-electron chi connectivity index (χ4n) is 1.88. The smallest absolute Gasteiger partial charge is 0.309 e. The Hall–Kier alpha value is -2.01. The summed E-state index contributed by atoms with van der Waals surface area (Å²) in [6.07, 6.45) is 7.62. The molecule has 0 N–H and O–H groups in total. The molecule has 1 heterocycles. The van der Waals surface area contributed by atoms with E-state index < -0.39 is 11.1 Å². The molecule has 0 aliphatic rings. The lowest BCUT2D eigenvalue weighted by Crippen LogP contribution is -2.39. The van der Waals surface area contributed by atoms with Crippen molar-refractivity contribution in [2.75, 3.05) is 6.26 Å². The Labute approximate surface area is 121 Å². The first-order chi connectivity index (χ1) is 9.67. The third-order valence-electron chi connectivity index (χ3n) is 2.96. The van der Waals surface area contributed by atoms with Gasteiger partial charge in [0.05, 0.1) is 0 Å². The number of hydrogen-bond donors (Lipinski definition) is 0. The minimum atomic E-state index is -0.533. The Balaban J connectivity index is 2.48. The summed E-state index contributed by atoms with van der Waals surface area (Å²) in [6, 6.07) is 7.54. The highest BCUT2D eigenvalue weighted by Gasteiger charge is 2.06. The lowest BCUT2D eigenvalue weighted by Gasteiger charge is -2.09. The first-order valence-corrected chi connectivity index (χ1v) is 7.47. The van der Waals surface area contributed by atoms with Crippen molar-refractivity contribution >= 4 is 11.8 Å². The maximum atomic E-state index is 12.1. The second kappa shape index (κ2) is 6.43. The molecule has 0 aliphatic heterocycles. The van der Waals surface area contributed by atoms with E-state index in [1.807, 2.05) is 30.5 Å². The zero-order chi connectivity index (χ0) is 14.5. The van der Waals surface area contributed by atoms with Crippen LogP contribution in [0.15, 0.2) is 63.8 Å². The van der Waals surface area contributed by atoms with Gasteiger partial charge in [-0.25, -0.2) is 0 Å². The summed E-state index contributed by atoms with van der Waals surface area (Å²) in [5.41, 5.74) is -0.339. The van der Waals surface area contributed by atoms with Gasteiger partial charge >= 0.3 is 11.1 Å². The molecule has 0 bridgehead atoms. The average molecular weight is 288 g/mol. The van der Waals surface area contributed by atoms with Crippen LogP contribution in [0, 0.1) is 0 Å². The van der Waals surface area contributed by atoms with Gasteiger partial charge in [-0.05, 0) is 30.9 Å². The summed E-state index contributed by atoms with van der Waals surface area (Å²) in [5, 5.41) is 0. The zero-order valence-electron chi connectivity index (χ0n) is 11.3. The first kappa shape index (κ1) is 14.4. The van der Waals surface area contributed by atoms with Crippen molar-refractivity contribution in [2.24, 2.45) is 0 Å². The van der Waals surface area contributed by atoms with Gasteiger partial charge in [0.25, 0.3) is 0 Å². The lowest BCUT2D eigenvalue weighted by molar-refractivity contribution is 0.656. The van der Waals surface area contributed by atoms with E-state index in [0.717, 1.165) is 4.90 Å². The highest BCUT2D eigenvalue weighted by molar-refractivity contribution is 7.98. The summed E-state index contributed by atoms with van der Waals surface area (Å²) in [4.78, 5) is 25.2. The van der Waals surface area contributed by atoms with Crippen LogP contribution in [0.1, 0.15) is 6.42 Å². The fourth-order valence-corrected chi connectivity index (χ4v) is 2.33. The van der Waals surface area contributed by atoms with Crippen LogP contribution in [0.5, 0.6) is 0 Å². The predicted octanol–water partition coefficient (Wildman–Crippen LogP) is 2.30. The molecule has 20 heavy (non-hydrogen) atoms. The molecule has 0 fully saturated rings. The molecule has 1 aromatic heterocycles. The largest absolute Gasteiger partial charge is 0.320 e. The molecule has 4 nitrogen and oxygen atoms in total. The molecular weight excluding hydrogens is 272 g/mol. The molecule has 0 saturated heterocycles. The van der Waals surface area contributed by atoms with E-state index in [-0.39, 0.29) is 0 Å². The van der Waals surface area contributed by atoms with Crippen LogP contribution in [0.3, 0.4) is 0 Å². The monoisotopic (exact) mass is 288 g/mol. The number of allylic oxidation sites excluding steroid dienone is 1. The first-order valence-electron chi connectivity index (χ1n) is 6.25. The van der Waals surface area contributed by atoms with Crippen LogP contribution < -0.4 is 11.1 Å². The lowest BCUT2D eigenvalue weighted by atomic mass is 10.3. The SMILES string of the molecule is C=CCCn1ccn(-c2cccc(SC)c2)c(=O)c1=O. The Morgan fingerprint density at radius 1 is 1.25 bits per heavy atom. The van der Waals surface area contributed by atoms with Crippen molar-refractivity contribution in [1.82, 2.24) is 9.13 Å². The Kier molecular flexibility index (Phi) is 4.63. The van der Waals surface area contributed by atoms with E-state index in [1.54, 1.807) is 30.2 Å². The Morgan fingerprint density at radius 3 is 2.75 bits per heavy atom. The minimum absolute atomic E-state index is 0.475. The molecular formula is C15H16N2O2S. The van der Waals surface area contributed by atoms with Crippen LogP contribution in [-0.2, 0) is 6.54 Å². The molecule has 104 valence electrons. The van der Waals surface area contributed by atoms with Gasteiger partial charge in [0.15, 0.2) is 0 Å². The second-order valence-electron chi connectivity index (χ2n) is 4.25. The van der Waals surface area contributed by atoms with Crippen LogP contribution in [0.25, 0.3) is 5.69 Å². The van der Waals surface area contributed by atoms with E-state index in [0.29, 0.717) is 18.7 Å². The van der Waals surface area contributed by atoms with E-state index in [2.05, 4.69) is 6.58 Å². The van der Waals surface area contributed by atoms with Crippen LogP contribution in [0.4, 0.5) is 0 Å². The molecule has 0 spiro atoms. The van der Waals surface area contributed by atoms with Gasteiger partial charge in [0.2, 0.25) is 0 Å². The molecule has 0 amide bonds. The van der Waals surface area contributed by atoms with Crippen molar-refractivity contribution in [3.8, 4) is 5.69 Å². The third kappa shape index (κ3) is 2.93. The summed E-state index contributed by atoms with van der Waals surface area (Å²) in [7, 11) is 0. The topological polar surface area (TPSA) is 44.0 Å². The quantitative estimate of drug-likeness (QED) is 0.482. The molecule has 5 heteroatoms. The van der Waals surface area contributed by atoms with Crippen LogP contribution in [-0.4, -0.2) is 15.4 Å². The number of thioether (sulfide) groups is 1. The molecule has 0 unspecified atom stereocenters. The van der Waals surface area contributed by atoms with Crippen molar-refractivity contribution < 1.29 is 0 Å². The highest BCUT2D eigenvalue weighted by atomic mass is 32.2.